The molecule has 1 aliphatic carbocycles. The average molecular weight is 301 g/mol. The van der Waals surface area contributed by atoms with Crippen molar-refractivity contribution in [1.29, 1.82) is 0 Å². The van der Waals surface area contributed by atoms with E-state index in [9.17, 15) is 14.7 Å². The second-order valence-corrected chi connectivity index (χ2v) is 5.81. The number of nitrogens with one attached hydrogen (secondary N) is 1. The molecule has 5 nitrogen and oxygen atoms in total. The van der Waals surface area contributed by atoms with Crippen LogP contribution in [0.3, 0.4) is 0 Å². The number of ether oxygens (including phenoxy) is 1. The molecule has 3 rings (SSSR count). The Bertz CT molecular complexity index is 630. The third kappa shape index (κ3) is 2.76. The molecule has 0 spiro atoms. The van der Waals surface area contributed by atoms with Crippen molar-refractivity contribution in [3.63, 3.8) is 0 Å². The first-order valence-corrected chi connectivity index (χ1v) is 7.54. The van der Waals surface area contributed by atoms with Gasteiger partial charge in [-0.1, -0.05) is 18.2 Å². The molecule has 1 saturated heterocycles. The highest BCUT2D eigenvalue weighted by molar-refractivity contribution is 5.98. The largest absolute Gasteiger partial charge is 0.480 e. The Labute approximate surface area is 129 Å². The maximum absolute atomic E-state index is 12.5. The van der Waals surface area contributed by atoms with Crippen molar-refractivity contribution in [3.05, 3.63) is 41.0 Å². The number of aliphatic carboxylic acids is 1. The van der Waals surface area contributed by atoms with Crippen LogP contribution in [0, 0.1) is 0 Å². The van der Waals surface area contributed by atoms with E-state index < -0.39 is 11.5 Å². The SMILES string of the molecule is O=C(NC1(C(=O)O)CCOCC1)c1ccc2c(c1)CCC=C2. The lowest BCUT2D eigenvalue weighted by Gasteiger charge is -2.33. The summed E-state index contributed by atoms with van der Waals surface area (Å²) in [6.45, 7) is 0.698. The second kappa shape index (κ2) is 5.93. The molecular weight excluding hydrogens is 282 g/mol. The van der Waals surface area contributed by atoms with Crippen LogP contribution in [-0.4, -0.2) is 35.7 Å². The Morgan fingerprint density at radius 2 is 2.00 bits per heavy atom. The summed E-state index contributed by atoms with van der Waals surface area (Å²) in [5.74, 6) is -1.33. The highest BCUT2D eigenvalue weighted by Gasteiger charge is 2.41. The summed E-state index contributed by atoms with van der Waals surface area (Å²) in [4.78, 5) is 24.1. The number of fused-ring (bicyclic) bond motifs is 1. The third-order valence-corrected chi connectivity index (χ3v) is 4.39. The highest BCUT2D eigenvalue weighted by atomic mass is 16.5. The average Bonchev–Trinajstić information content (AvgIpc) is 2.55. The number of carbonyl (C=O) groups excluding carboxylic acids is 1. The first kappa shape index (κ1) is 14.8. The molecule has 0 radical (unpaired) electrons. The lowest BCUT2D eigenvalue weighted by molar-refractivity contribution is -0.148. The smallest absolute Gasteiger partial charge is 0.329 e. The number of allylic oxidation sites excluding steroid dienone is 1. The quantitative estimate of drug-likeness (QED) is 0.895. The van der Waals surface area contributed by atoms with E-state index in [0.29, 0.717) is 31.6 Å². The first-order chi connectivity index (χ1) is 10.6. The Balaban J connectivity index is 1.81. The van der Waals surface area contributed by atoms with Crippen LogP contribution in [0.1, 0.15) is 40.7 Å². The van der Waals surface area contributed by atoms with Gasteiger partial charge in [-0.25, -0.2) is 4.79 Å². The van der Waals surface area contributed by atoms with Crippen LogP contribution < -0.4 is 5.32 Å². The van der Waals surface area contributed by atoms with Gasteiger partial charge in [-0.15, -0.1) is 0 Å². The topological polar surface area (TPSA) is 75.6 Å². The van der Waals surface area contributed by atoms with Gasteiger partial charge in [0.2, 0.25) is 0 Å². The normalized spacial score (nSPS) is 19.3. The molecule has 1 fully saturated rings. The summed E-state index contributed by atoms with van der Waals surface area (Å²) in [5.41, 5.74) is 1.56. The molecule has 1 amide bonds. The Morgan fingerprint density at radius 3 is 2.73 bits per heavy atom. The van der Waals surface area contributed by atoms with Crippen LogP contribution in [0.25, 0.3) is 6.08 Å². The van der Waals surface area contributed by atoms with E-state index >= 15 is 0 Å². The number of carboxylic acid groups (broad SMARTS) is 1. The number of aryl methyl sites for hydroxylation is 1. The van der Waals surface area contributed by atoms with Crippen molar-refractivity contribution in [2.45, 2.75) is 31.2 Å². The molecule has 5 heteroatoms. The zero-order valence-corrected chi connectivity index (χ0v) is 12.3. The molecule has 1 aromatic rings. The summed E-state index contributed by atoms with van der Waals surface area (Å²) < 4.78 is 5.21. The lowest BCUT2D eigenvalue weighted by Crippen LogP contribution is -2.57. The van der Waals surface area contributed by atoms with E-state index in [0.717, 1.165) is 24.0 Å². The standard InChI is InChI=1S/C17H19NO4/c19-15(18-17(16(20)21)7-9-22-10-8-17)14-6-5-12-3-1-2-4-13(12)11-14/h1,3,5-6,11H,2,4,7-10H2,(H,18,19)(H,20,21). The number of carbonyl (C=O) groups is 2. The Kier molecular flexibility index (Phi) is 3.98. The summed E-state index contributed by atoms with van der Waals surface area (Å²) in [7, 11) is 0. The van der Waals surface area contributed by atoms with Gasteiger partial charge in [-0.3, -0.25) is 4.79 Å². The van der Waals surface area contributed by atoms with Crippen molar-refractivity contribution in [1.82, 2.24) is 5.32 Å². The monoisotopic (exact) mass is 301 g/mol. The van der Waals surface area contributed by atoms with E-state index in [-0.39, 0.29) is 5.91 Å². The minimum Gasteiger partial charge on any atom is -0.480 e. The molecule has 2 aliphatic rings. The zero-order chi connectivity index (χ0) is 15.6. The molecule has 22 heavy (non-hydrogen) atoms. The molecule has 0 saturated carbocycles. The lowest BCUT2D eigenvalue weighted by atomic mass is 9.89. The maximum atomic E-state index is 12.5. The molecule has 0 unspecified atom stereocenters. The molecule has 1 aromatic carbocycles. The van der Waals surface area contributed by atoms with Crippen molar-refractivity contribution in [2.75, 3.05) is 13.2 Å². The summed E-state index contributed by atoms with van der Waals surface area (Å²) in [6, 6.07) is 5.53. The van der Waals surface area contributed by atoms with Crippen molar-refractivity contribution in [3.8, 4) is 0 Å². The van der Waals surface area contributed by atoms with E-state index in [1.54, 1.807) is 6.07 Å². The summed E-state index contributed by atoms with van der Waals surface area (Å²) >= 11 is 0. The second-order valence-electron chi connectivity index (χ2n) is 5.81. The minimum absolute atomic E-state index is 0.293. The van der Waals surface area contributed by atoms with Crippen LogP contribution in [0.15, 0.2) is 24.3 Å². The van der Waals surface area contributed by atoms with Gasteiger partial charge >= 0.3 is 5.97 Å². The van der Waals surface area contributed by atoms with Gasteiger partial charge in [0.1, 0.15) is 5.54 Å². The minimum atomic E-state index is -1.22. The molecule has 116 valence electrons. The first-order valence-electron chi connectivity index (χ1n) is 7.54. The molecule has 1 aliphatic heterocycles. The highest BCUT2D eigenvalue weighted by Crippen LogP contribution is 2.24. The summed E-state index contributed by atoms with van der Waals surface area (Å²) in [6.07, 6.45) is 6.63. The van der Waals surface area contributed by atoms with E-state index in [1.807, 2.05) is 12.1 Å². The molecule has 1 heterocycles. The molecule has 0 bridgehead atoms. The Morgan fingerprint density at radius 1 is 1.23 bits per heavy atom. The number of amides is 1. The fourth-order valence-electron chi connectivity index (χ4n) is 2.98. The van der Waals surface area contributed by atoms with E-state index in [2.05, 4.69) is 17.5 Å². The van der Waals surface area contributed by atoms with Crippen LogP contribution in [0.4, 0.5) is 0 Å². The van der Waals surface area contributed by atoms with Gasteiger partial charge < -0.3 is 15.2 Å². The Hall–Kier alpha value is -2.14. The van der Waals surface area contributed by atoms with Crippen LogP contribution in [-0.2, 0) is 16.0 Å². The van der Waals surface area contributed by atoms with Gasteiger partial charge in [0.15, 0.2) is 0 Å². The predicted molar refractivity (Wildman–Crippen MR) is 81.7 cm³/mol. The molecule has 0 atom stereocenters. The van der Waals surface area contributed by atoms with E-state index in [4.69, 9.17) is 4.74 Å². The van der Waals surface area contributed by atoms with Gasteiger partial charge in [0.05, 0.1) is 0 Å². The predicted octanol–water partition coefficient (Wildman–Crippen LogP) is 2.01. The third-order valence-electron chi connectivity index (χ3n) is 4.39. The fraction of sp³-hybridized carbons (Fsp3) is 0.412. The van der Waals surface area contributed by atoms with E-state index in [1.165, 1.54) is 0 Å². The van der Waals surface area contributed by atoms with Crippen LogP contribution >= 0.6 is 0 Å². The molecular formula is C17H19NO4. The fourth-order valence-corrected chi connectivity index (χ4v) is 2.98. The van der Waals surface area contributed by atoms with Gasteiger partial charge in [-0.05, 0) is 36.1 Å². The number of hydrogen-bond acceptors (Lipinski definition) is 3. The number of benzene rings is 1. The van der Waals surface area contributed by atoms with Crippen molar-refractivity contribution in [2.24, 2.45) is 0 Å². The van der Waals surface area contributed by atoms with Crippen LogP contribution in [0.5, 0.6) is 0 Å². The number of hydrogen-bond donors (Lipinski definition) is 2. The van der Waals surface area contributed by atoms with Gasteiger partial charge in [-0.2, -0.15) is 0 Å². The van der Waals surface area contributed by atoms with Crippen molar-refractivity contribution < 1.29 is 19.4 Å². The summed E-state index contributed by atoms with van der Waals surface area (Å²) in [5, 5.41) is 12.2. The number of rotatable bonds is 3. The van der Waals surface area contributed by atoms with Gasteiger partial charge in [0.25, 0.3) is 5.91 Å². The molecule has 0 aromatic heterocycles. The zero-order valence-electron chi connectivity index (χ0n) is 12.3. The number of carboxylic acids is 1. The van der Waals surface area contributed by atoms with Crippen LogP contribution in [0.2, 0.25) is 0 Å². The molecule has 2 N–H and O–H groups in total. The van der Waals surface area contributed by atoms with Crippen molar-refractivity contribution >= 4 is 18.0 Å². The van der Waals surface area contributed by atoms with Gasteiger partial charge in [0, 0.05) is 31.6 Å². The maximum Gasteiger partial charge on any atom is 0.329 e.